The molecule has 0 aliphatic carbocycles. The first-order chi connectivity index (χ1) is 8.99. The average molecular weight is 305 g/mol. The van der Waals surface area contributed by atoms with Crippen molar-refractivity contribution in [3.05, 3.63) is 21.9 Å². The molecule has 0 unspecified atom stereocenters. The number of hydrogen-bond donors (Lipinski definition) is 1. The molecular formula is C11H14Cl2N4O2. The topological polar surface area (TPSA) is 75.2 Å². The fourth-order valence-corrected chi connectivity index (χ4v) is 1.77. The summed E-state index contributed by atoms with van der Waals surface area (Å²) in [6, 6.07) is 1.34. The summed E-state index contributed by atoms with van der Waals surface area (Å²) in [6.45, 7) is 2.30. The van der Waals surface area contributed by atoms with Gasteiger partial charge in [0.15, 0.2) is 10.3 Å². The maximum atomic E-state index is 12.3. The number of amides is 2. The van der Waals surface area contributed by atoms with Crippen molar-refractivity contribution in [2.75, 3.05) is 20.1 Å². The predicted octanol–water partition coefficient (Wildman–Crippen LogP) is 1.38. The highest BCUT2D eigenvalue weighted by molar-refractivity contribution is 6.34. The van der Waals surface area contributed by atoms with Crippen LogP contribution in [-0.4, -0.2) is 47.0 Å². The molecule has 0 atom stereocenters. The first-order valence-corrected chi connectivity index (χ1v) is 6.43. The molecule has 0 aromatic carbocycles. The molecule has 0 aliphatic heterocycles. The molecule has 0 spiro atoms. The number of rotatable bonds is 5. The van der Waals surface area contributed by atoms with Crippen molar-refractivity contribution in [1.82, 2.24) is 20.4 Å². The number of aromatic nitrogens is 2. The largest absolute Gasteiger partial charge is 0.358 e. The van der Waals surface area contributed by atoms with Gasteiger partial charge >= 0.3 is 0 Å². The van der Waals surface area contributed by atoms with Gasteiger partial charge in [-0.3, -0.25) is 9.59 Å². The van der Waals surface area contributed by atoms with E-state index in [1.54, 1.807) is 0 Å². The molecule has 0 bridgehead atoms. The lowest BCUT2D eigenvalue weighted by molar-refractivity contribution is -0.121. The molecule has 0 saturated carbocycles. The molecule has 8 heteroatoms. The van der Waals surface area contributed by atoms with Gasteiger partial charge < -0.3 is 10.2 Å². The van der Waals surface area contributed by atoms with E-state index < -0.39 is 5.91 Å². The van der Waals surface area contributed by atoms with E-state index in [0.29, 0.717) is 13.0 Å². The van der Waals surface area contributed by atoms with Gasteiger partial charge in [0.25, 0.3) is 5.91 Å². The van der Waals surface area contributed by atoms with E-state index >= 15 is 0 Å². The summed E-state index contributed by atoms with van der Waals surface area (Å²) in [5.74, 6) is -0.654. The van der Waals surface area contributed by atoms with Crippen molar-refractivity contribution < 1.29 is 9.59 Å². The van der Waals surface area contributed by atoms with Crippen LogP contribution < -0.4 is 5.32 Å². The molecule has 104 valence electrons. The highest BCUT2D eigenvalue weighted by Crippen LogP contribution is 2.17. The van der Waals surface area contributed by atoms with E-state index in [-0.39, 0.29) is 28.3 Å². The molecule has 1 aromatic rings. The Bertz CT molecular complexity index is 482. The third kappa shape index (κ3) is 4.33. The number of likely N-dealkylation sites (N-methyl/N-ethyl adjacent to an activating group) is 1. The van der Waals surface area contributed by atoms with Crippen molar-refractivity contribution in [1.29, 1.82) is 0 Å². The smallest absolute Gasteiger partial charge is 0.257 e. The normalized spacial score (nSPS) is 10.1. The van der Waals surface area contributed by atoms with Gasteiger partial charge in [-0.2, -0.15) is 0 Å². The quantitative estimate of drug-likeness (QED) is 0.892. The minimum Gasteiger partial charge on any atom is -0.358 e. The predicted molar refractivity (Wildman–Crippen MR) is 72.3 cm³/mol. The second-order valence-corrected chi connectivity index (χ2v) is 4.52. The van der Waals surface area contributed by atoms with Crippen LogP contribution in [0.2, 0.25) is 10.3 Å². The molecule has 2 amide bonds. The summed E-state index contributed by atoms with van der Waals surface area (Å²) < 4.78 is 0. The second-order valence-electron chi connectivity index (χ2n) is 3.77. The van der Waals surface area contributed by atoms with Crippen LogP contribution in [0.1, 0.15) is 23.7 Å². The summed E-state index contributed by atoms with van der Waals surface area (Å²) >= 11 is 11.5. The zero-order chi connectivity index (χ0) is 14.4. The lowest BCUT2D eigenvalue weighted by atomic mass is 10.2. The molecule has 1 aromatic heterocycles. The van der Waals surface area contributed by atoms with E-state index in [9.17, 15) is 9.59 Å². The van der Waals surface area contributed by atoms with Gasteiger partial charge in [0, 0.05) is 13.6 Å². The molecule has 1 N–H and O–H groups in total. The lowest BCUT2D eigenvalue weighted by Gasteiger charge is -2.21. The van der Waals surface area contributed by atoms with Crippen LogP contribution in [0, 0.1) is 0 Å². The average Bonchev–Trinajstić information content (AvgIpc) is 2.40. The van der Waals surface area contributed by atoms with E-state index in [1.807, 2.05) is 6.92 Å². The Kier molecular flexibility index (Phi) is 5.98. The summed E-state index contributed by atoms with van der Waals surface area (Å²) in [5, 5.41) is 9.62. The maximum Gasteiger partial charge on any atom is 0.257 e. The minimum atomic E-state index is -0.396. The van der Waals surface area contributed by atoms with Crippen LogP contribution in [0.4, 0.5) is 0 Å². The number of hydrogen-bond acceptors (Lipinski definition) is 4. The van der Waals surface area contributed by atoms with Gasteiger partial charge in [0.1, 0.15) is 0 Å². The fourth-order valence-electron chi connectivity index (χ4n) is 1.45. The third-order valence-electron chi connectivity index (χ3n) is 2.34. The fraction of sp³-hybridized carbons (Fsp3) is 0.455. The van der Waals surface area contributed by atoms with Crippen molar-refractivity contribution in [3.8, 4) is 0 Å². The molecule has 1 rings (SSSR count). The Balaban J connectivity index is 2.98. The van der Waals surface area contributed by atoms with E-state index in [1.165, 1.54) is 18.0 Å². The lowest BCUT2D eigenvalue weighted by Crippen LogP contribution is -2.40. The van der Waals surface area contributed by atoms with Gasteiger partial charge in [-0.15, -0.1) is 10.2 Å². The van der Waals surface area contributed by atoms with E-state index in [4.69, 9.17) is 23.2 Å². The molecule has 1 heterocycles. The van der Waals surface area contributed by atoms with Crippen LogP contribution in [-0.2, 0) is 4.79 Å². The molecule has 0 aliphatic rings. The van der Waals surface area contributed by atoms with Crippen LogP contribution >= 0.6 is 23.2 Å². The zero-order valence-electron chi connectivity index (χ0n) is 10.6. The molecule has 0 fully saturated rings. The van der Waals surface area contributed by atoms with E-state index in [2.05, 4.69) is 15.5 Å². The maximum absolute atomic E-state index is 12.3. The highest BCUT2D eigenvalue weighted by Gasteiger charge is 2.21. The van der Waals surface area contributed by atoms with Crippen molar-refractivity contribution >= 4 is 35.0 Å². The van der Waals surface area contributed by atoms with E-state index in [0.717, 1.165) is 0 Å². The van der Waals surface area contributed by atoms with Gasteiger partial charge in [0.05, 0.1) is 12.1 Å². The van der Waals surface area contributed by atoms with Crippen molar-refractivity contribution in [3.63, 3.8) is 0 Å². The van der Waals surface area contributed by atoms with Crippen molar-refractivity contribution in [2.45, 2.75) is 13.3 Å². The van der Waals surface area contributed by atoms with Gasteiger partial charge in [-0.25, -0.2) is 0 Å². The van der Waals surface area contributed by atoms with Crippen LogP contribution in [0.15, 0.2) is 6.07 Å². The Morgan fingerprint density at radius 3 is 2.63 bits per heavy atom. The Morgan fingerprint density at radius 1 is 1.37 bits per heavy atom. The second kappa shape index (κ2) is 7.25. The number of nitrogens with zero attached hydrogens (tertiary/aromatic N) is 3. The summed E-state index contributed by atoms with van der Waals surface area (Å²) in [6.07, 6.45) is 0.715. The van der Waals surface area contributed by atoms with Gasteiger partial charge in [-0.05, 0) is 12.5 Å². The number of carbonyl (C=O) groups excluding carboxylic acids is 2. The Hall–Kier alpha value is -1.40. The van der Waals surface area contributed by atoms with Gasteiger partial charge in [0.2, 0.25) is 5.91 Å². The highest BCUT2D eigenvalue weighted by atomic mass is 35.5. The standard InChI is InChI=1S/C11H14Cl2N4O2/c1-3-4-17(6-9(18)14-2)11(19)7-5-8(12)15-16-10(7)13/h5H,3-4,6H2,1-2H3,(H,14,18). The van der Waals surface area contributed by atoms with Gasteiger partial charge in [-0.1, -0.05) is 30.1 Å². The number of halogens is 2. The first kappa shape index (κ1) is 15.7. The summed E-state index contributed by atoms with van der Waals surface area (Å²) in [7, 11) is 1.51. The first-order valence-electron chi connectivity index (χ1n) is 5.68. The molecule has 6 nitrogen and oxygen atoms in total. The SMILES string of the molecule is CCCN(CC(=O)NC)C(=O)c1cc(Cl)nnc1Cl. The monoisotopic (exact) mass is 304 g/mol. The number of nitrogens with one attached hydrogen (secondary N) is 1. The Morgan fingerprint density at radius 2 is 2.05 bits per heavy atom. The molecule has 0 saturated heterocycles. The molecular weight excluding hydrogens is 291 g/mol. The minimum absolute atomic E-state index is 0.0348. The number of carbonyl (C=O) groups is 2. The van der Waals surface area contributed by atoms with Crippen LogP contribution in [0.5, 0.6) is 0 Å². The zero-order valence-corrected chi connectivity index (χ0v) is 12.1. The van der Waals surface area contributed by atoms with Crippen LogP contribution in [0.25, 0.3) is 0 Å². The summed E-state index contributed by atoms with van der Waals surface area (Å²) in [4.78, 5) is 25.1. The Labute approximate surface area is 121 Å². The molecule has 0 radical (unpaired) electrons. The van der Waals surface area contributed by atoms with Crippen molar-refractivity contribution in [2.24, 2.45) is 0 Å². The summed E-state index contributed by atoms with van der Waals surface area (Å²) in [5.41, 5.74) is 0.138. The van der Waals surface area contributed by atoms with Crippen LogP contribution in [0.3, 0.4) is 0 Å². The third-order valence-corrected chi connectivity index (χ3v) is 2.81. The molecule has 19 heavy (non-hydrogen) atoms.